The van der Waals surface area contributed by atoms with Gasteiger partial charge in [-0.15, -0.1) is 0 Å². The van der Waals surface area contributed by atoms with Gasteiger partial charge in [0.05, 0.1) is 25.5 Å². The third-order valence-electron chi connectivity index (χ3n) is 3.89. The minimum absolute atomic E-state index is 0.0530. The van der Waals surface area contributed by atoms with E-state index >= 15 is 0 Å². The van der Waals surface area contributed by atoms with Gasteiger partial charge in [-0.2, -0.15) is 0 Å². The first-order valence-corrected chi connectivity index (χ1v) is 7.61. The lowest BCUT2D eigenvalue weighted by Crippen LogP contribution is -2.38. The maximum Gasteiger partial charge on any atom is 0.189 e. The number of nitrogens with zero attached hydrogens (tertiary/aromatic N) is 1. The molecule has 4 N–H and O–H groups in total. The second-order valence-electron chi connectivity index (χ2n) is 5.82. The number of hydrogen-bond acceptors (Lipinski definition) is 4. The predicted molar refractivity (Wildman–Crippen MR) is 87.2 cm³/mol. The van der Waals surface area contributed by atoms with E-state index in [1.54, 1.807) is 19.1 Å². The van der Waals surface area contributed by atoms with Gasteiger partial charge in [0.2, 0.25) is 0 Å². The van der Waals surface area contributed by atoms with Crippen LogP contribution in [-0.2, 0) is 5.60 Å². The van der Waals surface area contributed by atoms with Gasteiger partial charge in [0.1, 0.15) is 17.1 Å². The standard InChI is InChI=1S/C17H21N3O3/c1-17(21,15-7-4-9-23-15)11-19-16(18)20-13-8-10-22-14-6-3-2-5-12(13)14/h2-7,9,13,21H,8,10-11H2,1H3,(H3,18,19,20). The molecule has 0 saturated carbocycles. The molecule has 0 spiro atoms. The Kier molecular flexibility index (Phi) is 4.25. The number of furan rings is 1. The van der Waals surface area contributed by atoms with Crippen molar-refractivity contribution in [1.82, 2.24) is 5.32 Å². The maximum absolute atomic E-state index is 10.4. The summed E-state index contributed by atoms with van der Waals surface area (Å²) in [5.41, 5.74) is 5.85. The minimum atomic E-state index is -1.19. The normalized spacial score (nSPS) is 20.3. The molecule has 0 bridgehead atoms. The lowest BCUT2D eigenvalue weighted by Gasteiger charge is -2.27. The summed E-state index contributed by atoms with van der Waals surface area (Å²) in [5, 5.41) is 13.6. The fourth-order valence-electron chi connectivity index (χ4n) is 2.62. The quantitative estimate of drug-likeness (QED) is 0.592. The first-order valence-electron chi connectivity index (χ1n) is 7.61. The van der Waals surface area contributed by atoms with Crippen molar-refractivity contribution in [2.45, 2.75) is 25.0 Å². The molecule has 1 aromatic carbocycles. The Morgan fingerprint density at radius 3 is 3.00 bits per heavy atom. The molecule has 23 heavy (non-hydrogen) atoms. The van der Waals surface area contributed by atoms with Crippen molar-refractivity contribution in [2.24, 2.45) is 10.7 Å². The number of guanidine groups is 1. The van der Waals surface area contributed by atoms with E-state index in [1.165, 1.54) is 6.26 Å². The maximum atomic E-state index is 10.4. The molecular weight excluding hydrogens is 294 g/mol. The fourth-order valence-corrected chi connectivity index (χ4v) is 2.62. The van der Waals surface area contributed by atoms with Crippen molar-refractivity contribution in [3.05, 3.63) is 54.0 Å². The molecular formula is C17H21N3O3. The highest BCUT2D eigenvalue weighted by Crippen LogP contribution is 2.31. The molecule has 1 aliphatic heterocycles. The lowest BCUT2D eigenvalue weighted by molar-refractivity contribution is 0.0437. The van der Waals surface area contributed by atoms with Crippen molar-refractivity contribution in [2.75, 3.05) is 13.2 Å². The Morgan fingerprint density at radius 2 is 2.22 bits per heavy atom. The molecule has 1 aromatic heterocycles. The number of para-hydroxylation sites is 1. The zero-order valence-corrected chi connectivity index (χ0v) is 13.0. The summed E-state index contributed by atoms with van der Waals surface area (Å²) in [6.45, 7) is 2.39. The second kappa shape index (κ2) is 6.34. The Labute approximate surface area is 135 Å². The highest BCUT2D eigenvalue weighted by atomic mass is 16.5. The van der Waals surface area contributed by atoms with Gasteiger partial charge in [0, 0.05) is 12.0 Å². The Hall–Kier alpha value is -2.47. The first-order chi connectivity index (χ1) is 11.1. The van der Waals surface area contributed by atoms with E-state index in [-0.39, 0.29) is 12.6 Å². The molecule has 2 heterocycles. The number of nitrogens with one attached hydrogen (secondary N) is 1. The summed E-state index contributed by atoms with van der Waals surface area (Å²) in [6.07, 6.45) is 2.33. The predicted octanol–water partition coefficient (Wildman–Crippen LogP) is 1.92. The van der Waals surface area contributed by atoms with Gasteiger partial charge in [-0.3, -0.25) is 0 Å². The number of aliphatic imine (C=N–C) groups is 1. The zero-order chi connectivity index (χ0) is 16.3. The molecule has 0 fully saturated rings. The molecule has 122 valence electrons. The van der Waals surface area contributed by atoms with E-state index in [0.717, 1.165) is 17.7 Å². The SMILES string of the molecule is CC(O)(CN=C(N)NC1CCOc2ccccc21)c1ccco1. The molecule has 2 aromatic rings. The average Bonchev–Trinajstić information content (AvgIpc) is 3.09. The van der Waals surface area contributed by atoms with Crippen LogP contribution < -0.4 is 15.8 Å². The first kappa shape index (κ1) is 15.4. The highest BCUT2D eigenvalue weighted by Gasteiger charge is 2.26. The van der Waals surface area contributed by atoms with Gasteiger partial charge in [-0.1, -0.05) is 18.2 Å². The summed E-state index contributed by atoms with van der Waals surface area (Å²) in [7, 11) is 0. The second-order valence-corrected chi connectivity index (χ2v) is 5.82. The van der Waals surface area contributed by atoms with E-state index in [4.69, 9.17) is 14.9 Å². The summed E-state index contributed by atoms with van der Waals surface area (Å²) in [4.78, 5) is 4.25. The van der Waals surface area contributed by atoms with E-state index in [0.29, 0.717) is 18.3 Å². The molecule has 2 atom stereocenters. The van der Waals surface area contributed by atoms with Crippen molar-refractivity contribution in [3.8, 4) is 5.75 Å². The van der Waals surface area contributed by atoms with Gasteiger partial charge in [0.25, 0.3) is 0 Å². The van der Waals surface area contributed by atoms with Gasteiger partial charge < -0.3 is 25.3 Å². The summed E-state index contributed by atoms with van der Waals surface area (Å²) in [6, 6.07) is 11.4. The van der Waals surface area contributed by atoms with Gasteiger partial charge in [0.15, 0.2) is 5.96 Å². The zero-order valence-electron chi connectivity index (χ0n) is 13.0. The molecule has 0 amide bonds. The van der Waals surface area contributed by atoms with Crippen LogP contribution in [0.5, 0.6) is 5.75 Å². The lowest BCUT2D eigenvalue weighted by atomic mass is 10.0. The largest absolute Gasteiger partial charge is 0.493 e. The van der Waals surface area contributed by atoms with Crippen molar-refractivity contribution in [3.63, 3.8) is 0 Å². The average molecular weight is 315 g/mol. The van der Waals surface area contributed by atoms with Crippen molar-refractivity contribution >= 4 is 5.96 Å². The van der Waals surface area contributed by atoms with Crippen LogP contribution in [0.15, 0.2) is 52.1 Å². The van der Waals surface area contributed by atoms with Crippen LogP contribution in [0.25, 0.3) is 0 Å². The number of ether oxygens (including phenoxy) is 1. The third-order valence-corrected chi connectivity index (χ3v) is 3.89. The van der Waals surface area contributed by atoms with Crippen LogP contribution in [-0.4, -0.2) is 24.2 Å². The molecule has 6 heteroatoms. The van der Waals surface area contributed by atoms with E-state index < -0.39 is 5.60 Å². The van der Waals surface area contributed by atoms with Crippen LogP contribution in [0.4, 0.5) is 0 Å². The van der Waals surface area contributed by atoms with Crippen LogP contribution in [0.1, 0.15) is 30.7 Å². The molecule has 3 rings (SSSR count). The Balaban J connectivity index is 1.67. The van der Waals surface area contributed by atoms with Gasteiger partial charge >= 0.3 is 0 Å². The number of hydrogen-bond donors (Lipinski definition) is 3. The van der Waals surface area contributed by atoms with Crippen LogP contribution in [0.3, 0.4) is 0 Å². The number of aliphatic hydroxyl groups is 1. The van der Waals surface area contributed by atoms with Gasteiger partial charge in [-0.05, 0) is 25.1 Å². The topological polar surface area (TPSA) is 93.0 Å². The Bertz CT molecular complexity index is 680. The number of benzene rings is 1. The third kappa shape index (κ3) is 3.48. The molecule has 0 saturated heterocycles. The van der Waals surface area contributed by atoms with Gasteiger partial charge in [-0.25, -0.2) is 4.99 Å². The van der Waals surface area contributed by atoms with E-state index in [2.05, 4.69) is 10.3 Å². The summed E-state index contributed by atoms with van der Waals surface area (Å²) in [5.74, 6) is 1.62. The number of nitrogens with two attached hydrogens (primary N) is 1. The highest BCUT2D eigenvalue weighted by molar-refractivity contribution is 5.78. The van der Waals surface area contributed by atoms with Crippen molar-refractivity contribution in [1.29, 1.82) is 0 Å². The molecule has 1 aliphatic rings. The monoisotopic (exact) mass is 315 g/mol. The fraction of sp³-hybridized carbons (Fsp3) is 0.353. The smallest absolute Gasteiger partial charge is 0.189 e. The summed E-state index contributed by atoms with van der Waals surface area (Å²) < 4.78 is 10.9. The van der Waals surface area contributed by atoms with Crippen molar-refractivity contribution < 1.29 is 14.3 Å². The van der Waals surface area contributed by atoms with E-state index in [9.17, 15) is 5.11 Å². The molecule has 2 unspecified atom stereocenters. The van der Waals surface area contributed by atoms with E-state index in [1.807, 2.05) is 24.3 Å². The summed E-state index contributed by atoms with van der Waals surface area (Å²) >= 11 is 0. The van der Waals surface area contributed by atoms with Crippen LogP contribution >= 0.6 is 0 Å². The molecule has 0 aliphatic carbocycles. The Morgan fingerprint density at radius 1 is 1.39 bits per heavy atom. The molecule has 6 nitrogen and oxygen atoms in total. The number of rotatable bonds is 4. The number of fused-ring (bicyclic) bond motifs is 1. The minimum Gasteiger partial charge on any atom is -0.493 e. The van der Waals surface area contributed by atoms with Crippen LogP contribution in [0, 0.1) is 0 Å². The van der Waals surface area contributed by atoms with Crippen LogP contribution in [0.2, 0.25) is 0 Å². The molecule has 0 radical (unpaired) electrons.